The molecule has 2 heterocycles. The van der Waals surface area contributed by atoms with Crippen LogP contribution < -0.4 is 10.6 Å². The number of carbonyl (C=O) groups is 1. The van der Waals surface area contributed by atoms with Crippen molar-refractivity contribution < 1.29 is 4.79 Å². The fourth-order valence-corrected chi connectivity index (χ4v) is 3.95. The molecule has 2 rings (SSSR count). The van der Waals surface area contributed by atoms with Gasteiger partial charge in [0.05, 0.1) is 0 Å². The van der Waals surface area contributed by atoms with Gasteiger partial charge in [0.1, 0.15) is 5.54 Å². The molecule has 1 atom stereocenters. The number of aliphatic imine (C=N–C) groups is 1. The standard InChI is InChI=1S/C13H23N3OS/c1-9(2)5-14-11-15-10(17)13(16-11)6-12(3,4)7-18-8-13/h9H,5-8H2,1-4H3,(H2,14,15,16,17). The number of amides is 1. The van der Waals surface area contributed by atoms with Crippen LogP contribution in [0.1, 0.15) is 34.1 Å². The van der Waals surface area contributed by atoms with E-state index in [0.717, 1.165) is 24.5 Å². The molecular weight excluding hydrogens is 246 g/mol. The van der Waals surface area contributed by atoms with Crippen molar-refractivity contribution in [2.24, 2.45) is 16.3 Å². The molecule has 4 nitrogen and oxygen atoms in total. The zero-order valence-corrected chi connectivity index (χ0v) is 12.5. The van der Waals surface area contributed by atoms with Crippen LogP contribution in [0.4, 0.5) is 0 Å². The van der Waals surface area contributed by atoms with Crippen LogP contribution in [-0.2, 0) is 4.79 Å². The van der Waals surface area contributed by atoms with Gasteiger partial charge < -0.3 is 5.32 Å². The van der Waals surface area contributed by atoms with E-state index < -0.39 is 5.54 Å². The molecule has 1 amide bonds. The highest BCUT2D eigenvalue weighted by Gasteiger charge is 2.50. The van der Waals surface area contributed by atoms with Crippen LogP contribution in [0.2, 0.25) is 0 Å². The Balaban J connectivity index is 2.11. The SMILES string of the molecule is CC(C)CN=C1NC(=O)C2(CSCC(C)(C)C2)N1. The van der Waals surface area contributed by atoms with E-state index in [2.05, 4.69) is 43.3 Å². The van der Waals surface area contributed by atoms with Crippen LogP contribution in [0, 0.1) is 11.3 Å². The number of hydrogen-bond donors (Lipinski definition) is 2. The first-order valence-corrected chi connectivity index (χ1v) is 7.70. The van der Waals surface area contributed by atoms with E-state index in [4.69, 9.17) is 0 Å². The third-order valence-corrected chi connectivity index (χ3v) is 4.94. The maximum Gasteiger partial charge on any atom is 0.253 e. The van der Waals surface area contributed by atoms with Crippen molar-refractivity contribution >= 4 is 23.6 Å². The zero-order valence-electron chi connectivity index (χ0n) is 11.7. The fourth-order valence-electron chi connectivity index (χ4n) is 2.54. The van der Waals surface area contributed by atoms with Crippen molar-refractivity contribution in [1.29, 1.82) is 0 Å². The largest absolute Gasteiger partial charge is 0.341 e. The summed E-state index contributed by atoms with van der Waals surface area (Å²) in [7, 11) is 0. The van der Waals surface area contributed by atoms with Crippen LogP contribution in [0.5, 0.6) is 0 Å². The molecule has 0 radical (unpaired) electrons. The summed E-state index contributed by atoms with van der Waals surface area (Å²) in [5, 5.41) is 6.23. The van der Waals surface area contributed by atoms with Gasteiger partial charge in [-0.1, -0.05) is 27.7 Å². The summed E-state index contributed by atoms with van der Waals surface area (Å²) in [6, 6.07) is 0. The highest BCUT2D eigenvalue weighted by Crippen LogP contribution is 2.40. The van der Waals surface area contributed by atoms with E-state index in [-0.39, 0.29) is 11.3 Å². The number of nitrogens with one attached hydrogen (secondary N) is 2. The van der Waals surface area contributed by atoms with Gasteiger partial charge in [0.2, 0.25) is 0 Å². The number of guanidine groups is 1. The second-order valence-electron chi connectivity index (χ2n) is 6.58. The summed E-state index contributed by atoms with van der Waals surface area (Å²) in [6.07, 6.45) is 0.875. The molecule has 1 unspecified atom stereocenters. The fraction of sp³-hybridized carbons (Fsp3) is 0.846. The molecule has 5 heteroatoms. The summed E-state index contributed by atoms with van der Waals surface area (Å²) < 4.78 is 0. The minimum Gasteiger partial charge on any atom is -0.341 e. The van der Waals surface area contributed by atoms with Crippen molar-refractivity contribution in [3.8, 4) is 0 Å². The van der Waals surface area contributed by atoms with Crippen molar-refractivity contribution in [1.82, 2.24) is 10.6 Å². The van der Waals surface area contributed by atoms with Gasteiger partial charge in [0, 0.05) is 12.3 Å². The molecule has 1 spiro atoms. The van der Waals surface area contributed by atoms with Crippen LogP contribution >= 0.6 is 11.8 Å². The first kappa shape index (κ1) is 13.7. The highest BCUT2D eigenvalue weighted by atomic mass is 32.2. The Bertz CT molecular complexity index is 378. The maximum atomic E-state index is 12.2. The Morgan fingerprint density at radius 2 is 2.11 bits per heavy atom. The smallest absolute Gasteiger partial charge is 0.253 e. The normalized spacial score (nSPS) is 32.9. The molecule has 0 aromatic heterocycles. The third kappa shape index (κ3) is 2.82. The van der Waals surface area contributed by atoms with Crippen LogP contribution in [0.25, 0.3) is 0 Å². The van der Waals surface area contributed by atoms with E-state index in [0.29, 0.717) is 11.9 Å². The Morgan fingerprint density at radius 3 is 2.72 bits per heavy atom. The molecule has 0 saturated carbocycles. The molecule has 102 valence electrons. The van der Waals surface area contributed by atoms with E-state index in [9.17, 15) is 4.79 Å². The Morgan fingerprint density at radius 1 is 1.39 bits per heavy atom. The number of carbonyl (C=O) groups excluding carboxylic acids is 1. The molecule has 0 bridgehead atoms. The van der Waals surface area contributed by atoms with Crippen LogP contribution in [0.3, 0.4) is 0 Å². The van der Waals surface area contributed by atoms with Gasteiger partial charge in [0.25, 0.3) is 5.91 Å². The van der Waals surface area contributed by atoms with Crippen LogP contribution in [0.15, 0.2) is 4.99 Å². The zero-order chi connectivity index (χ0) is 13.4. The highest BCUT2D eigenvalue weighted by molar-refractivity contribution is 7.99. The lowest BCUT2D eigenvalue weighted by Crippen LogP contribution is -2.55. The van der Waals surface area contributed by atoms with E-state index in [1.165, 1.54) is 0 Å². The predicted molar refractivity (Wildman–Crippen MR) is 76.9 cm³/mol. The summed E-state index contributed by atoms with van der Waals surface area (Å²) >= 11 is 1.85. The van der Waals surface area contributed by atoms with E-state index in [1.54, 1.807) is 0 Å². The average molecular weight is 269 g/mol. The monoisotopic (exact) mass is 269 g/mol. The second kappa shape index (κ2) is 4.76. The first-order chi connectivity index (χ1) is 8.33. The first-order valence-electron chi connectivity index (χ1n) is 6.55. The molecule has 2 aliphatic rings. The molecule has 0 aliphatic carbocycles. The van der Waals surface area contributed by atoms with Crippen molar-refractivity contribution in [2.75, 3.05) is 18.1 Å². The number of nitrogens with zero attached hydrogens (tertiary/aromatic N) is 1. The molecule has 0 aromatic rings. The van der Waals surface area contributed by atoms with Crippen molar-refractivity contribution in [3.63, 3.8) is 0 Å². The summed E-state index contributed by atoms with van der Waals surface area (Å²) in [6.45, 7) is 9.43. The van der Waals surface area contributed by atoms with E-state index >= 15 is 0 Å². The lowest BCUT2D eigenvalue weighted by atomic mass is 9.80. The molecule has 18 heavy (non-hydrogen) atoms. The molecule has 0 aromatic carbocycles. The molecule has 2 saturated heterocycles. The second-order valence-corrected chi connectivity index (χ2v) is 7.56. The van der Waals surface area contributed by atoms with Gasteiger partial charge in [-0.05, 0) is 23.5 Å². The summed E-state index contributed by atoms with van der Waals surface area (Å²) in [5.41, 5.74) is -0.247. The lowest BCUT2D eigenvalue weighted by Gasteiger charge is -2.40. The Labute approximate surface area is 113 Å². The minimum atomic E-state index is -0.442. The van der Waals surface area contributed by atoms with Gasteiger partial charge in [-0.3, -0.25) is 15.1 Å². The molecule has 2 aliphatic heterocycles. The van der Waals surface area contributed by atoms with Gasteiger partial charge in [-0.25, -0.2) is 0 Å². The number of thioether (sulfide) groups is 1. The quantitative estimate of drug-likeness (QED) is 0.801. The topological polar surface area (TPSA) is 53.5 Å². The van der Waals surface area contributed by atoms with Gasteiger partial charge in [-0.15, -0.1) is 0 Å². The number of hydrogen-bond acceptors (Lipinski definition) is 3. The van der Waals surface area contributed by atoms with Crippen molar-refractivity contribution in [3.05, 3.63) is 0 Å². The molecular formula is C13H23N3OS. The molecule has 2 fully saturated rings. The maximum absolute atomic E-state index is 12.2. The third-order valence-electron chi connectivity index (χ3n) is 3.26. The number of rotatable bonds is 2. The van der Waals surface area contributed by atoms with Gasteiger partial charge in [-0.2, -0.15) is 11.8 Å². The average Bonchev–Trinajstić information content (AvgIpc) is 2.51. The van der Waals surface area contributed by atoms with Crippen molar-refractivity contribution in [2.45, 2.75) is 39.7 Å². The Hall–Kier alpha value is -0.710. The van der Waals surface area contributed by atoms with Crippen LogP contribution in [-0.4, -0.2) is 35.5 Å². The molecule has 2 N–H and O–H groups in total. The summed E-state index contributed by atoms with van der Waals surface area (Å²) in [4.78, 5) is 16.7. The Kier molecular flexibility index (Phi) is 3.63. The minimum absolute atomic E-state index is 0.0882. The lowest BCUT2D eigenvalue weighted by molar-refractivity contribution is -0.124. The van der Waals surface area contributed by atoms with Gasteiger partial charge >= 0.3 is 0 Å². The van der Waals surface area contributed by atoms with E-state index in [1.807, 2.05) is 11.8 Å². The van der Waals surface area contributed by atoms with Gasteiger partial charge in [0.15, 0.2) is 5.96 Å². The predicted octanol–water partition coefficient (Wildman–Crippen LogP) is 1.62. The summed E-state index contributed by atoms with van der Waals surface area (Å²) in [5.74, 6) is 3.20.